The van der Waals surface area contributed by atoms with E-state index in [-0.39, 0.29) is 5.41 Å². The average molecular weight is 387 g/mol. The van der Waals surface area contributed by atoms with Crippen LogP contribution in [0.1, 0.15) is 37.5 Å². The molecule has 1 fully saturated rings. The third-order valence-corrected chi connectivity index (χ3v) is 7.30. The maximum atomic E-state index is 13.0. The molecule has 146 valence electrons. The lowest BCUT2D eigenvalue weighted by Gasteiger charge is -2.38. The van der Waals surface area contributed by atoms with Gasteiger partial charge in [0, 0.05) is 31.9 Å². The topological polar surface area (TPSA) is 40.6 Å². The van der Waals surface area contributed by atoms with Gasteiger partial charge < -0.3 is 4.90 Å². The Balaban J connectivity index is 1.79. The smallest absolute Gasteiger partial charge is 0.243 e. The first-order chi connectivity index (χ1) is 12.6. The van der Waals surface area contributed by atoms with Crippen LogP contribution in [0.15, 0.2) is 47.4 Å². The van der Waals surface area contributed by atoms with Crippen LogP contribution in [0, 0.1) is 13.8 Å². The predicted molar refractivity (Wildman–Crippen MR) is 112 cm³/mol. The molecular formula is C22H30N2O2S. The molecule has 0 saturated carbocycles. The fourth-order valence-electron chi connectivity index (χ4n) is 3.58. The van der Waals surface area contributed by atoms with E-state index in [4.69, 9.17) is 0 Å². The number of rotatable bonds is 3. The summed E-state index contributed by atoms with van der Waals surface area (Å²) in [7, 11) is -3.44. The molecule has 0 atom stereocenters. The first-order valence-corrected chi connectivity index (χ1v) is 11.0. The van der Waals surface area contributed by atoms with Crippen LogP contribution in [0.2, 0.25) is 0 Å². The Morgan fingerprint density at radius 1 is 0.852 bits per heavy atom. The third-order valence-electron chi connectivity index (χ3n) is 5.41. The van der Waals surface area contributed by atoms with E-state index in [2.05, 4.69) is 49.9 Å². The molecule has 1 saturated heterocycles. The van der Waals surface area contributed by atoms with Crippen molar-refractivity contribution in [1.82, 2.24) is 4.31 Å². The van der Waals surface area contributed by atoms with Crippen LogP contribution in [-0.4, -0.2) is 38.9 Å². The summed E-state index contributed by atoms with van der Waals surface area (Å²) in [4.78, 5) is 2.71. The van der Waals surface area contributed by atoms with Crippen molar-refractivity contribution in [2.75, 3.05) is 31.1 Å². The first-order valence-electron chi connectivity index (χ1n) is 9.52. The zero-order valence-corrected chi connectivity index (χ0v) is 17.8. The highest BCUT2D eigenvalue weighted by Gasteiger charge is 2.30. The maximum absolute atomic E-state index is 13.0. The minimum absolute atomic E-state index is 0.0548. The van der Waals surface area contributed by atoms with Gasteiger partial charge in [-0.15, -0.1) is 0 Å². The Hall–Kier alpha value is -1.85. The van der Waals surface area contributed by atoms with E-state index in [1.54, 1.807) is 16.4 Å². The standard InChI is InChI=1S/C22H30N2O2S/c1-17-10-11-19(16-18(17)2)27(25,26)24-14-12-23(13-15-24)21-9-7-6-8-20(21)22(3,4)5/h6-11,16H,12-15H2,1-5H3. The highest BCUT2D eigenvalue weighted by atomic mass is 32.2. The van der Waals surface area contributed by atoms with Crippen LogP contribution < -0.4 is 4.90 Å². The SMILES string of the molecule is Cc1ccc(S(=O)(=O)N2CCN(c3ccccc3C(C)(C)C)CC2)cc1C. The molecule has 0 amide bonds. The third kappa shape index (κ3) is 4.04. The maximum Gasteiger partial charge on any atom is 0.243 e. The van der Waals surface area contributed by atoms with Crippen LogP contribution >= 0.6 is 0 Å². The van der Waals surface area contributed by atoms with Crippen LogP contribution in [0.25, 0.3) is 0 Å². The number of hydrogen-bond donors (Lipinski definition) is 0. The van der Waals surface area contributed by atoms with Crippen molar-refractivity contribution < 1.29 is 8.42 Å². The quantitative estimate of drug-likeness (QED) is 0.797. The molecule has 0 unspecified atom stereocenters. The fraction of sp³-hybridized carbons (Fsp3) is 0.455. The Bertz CT molecular complexity index is 922. The molecule has 3 rings (SSSR count). The average Bonchev–Trinajstić information content (AvgIpc) is 2.63. The molecule has 0 spiro atoms. The second-order valence-electron chi connectivity index (χ2n) is 8.40. The zero-order chi connectivity index (χ0) is 19.8. The minimum atomic E-state index is -3.44. The molecule has 2 aromatic carbocycles. The van der Waals surface area contributed by atoms with E-state index in [1.807, 2.05) is 19.9 Å². The van der Waals surface area contributed by atoms with Gasteiger partial charge in [-0.05, 0) is 54.2 Å². The largest absolute Gasteiger partial charge is 0.369 e. The molecular weight excluding hydrogens is 356 g/mol. The molecule has 0 aliphatic carbocycles. The van der Waals surface area contributed by atoms with Crippen LogP contribution in [-0.2, 0) is 15.4 Å². The molecule has 4 nitrogen and oxygen atoms in total. The number of aryl methyl sites for hydroxylation is 2. The van der Waals surface area contributed by atoms with Gasteiger partial charge in [-0.3, -0.25) is 0 Å². The monoisotopic (exact) mass is 386 g/mol. The summed E-state index contributed by atoms with van der Waals surface area (Å²) in [6.07, 6.45) is 0. The number of anilines is 1. The summed E-state index contributed by atoms with van der Waals surface area (Å²) >= 11 is 0. The summed E-state index contributed by atoms with van der Waals surface area (Å²) in [5.41, 5.74) is 4.69. The molecule has 2 aromatic rings. The van der Waals surface area contributed by atoms with Gasteiger partial charge in [0.1, 0.15) is 0 Å². The predicted octanol–water partition coefficient (Wildman–Crippen LogP) is 4.11. The van der Waals surface area contributed by atoms with Gasteiger partial charge in [-0.1, -0.05) is 45.0 Å². The summed E-state index contributed by atoms with van der Waals surface area (Å²) in [5, 5.41) is 0. The molecule has 0 N–H and O–H groups in total. The first kappa shape index (κ1) is 19.9. The van der Waals surface area contributed by atoms with Crippen molar-refractivity contribution in [3.05, 3.63) is 59.2 Å². The number of nitrogens with zero attached hydrogens (tertiary/aromatic N) is 2. The molecule has 5 heteroatoms. The van der Waals surface area contributed by atoms with Gasteiger partial charge in [0.05, 0.1) is 4.90 Å². The Morgan fingerprint density at radius 2 is 1.48 bits per heavy atom. The van der Waals surface area contributed by atoms with Gasteiger partial charge >= 0.3 is 0 Å². The van der Waals surface area contributed by atoms with Crippen LogP contribution in [0.4, 0.5) is 5.69 Å². The Morgan fingerprint density at radius 3 is 2.07 bits per heavy atom. The summed E-state index contributed by atoms with van der Waals surface area (Å²) in [5.74, 6) is 0. The van der Waals surface area contributed by atoms with Gasteiger partial charge in [-0.2, -0.15) is 4.31 Å². The van der Waals surface area contributed by atoms with Crippen molar-refractivity contribution in [3.8, 4) is 0 Å². The lowest BCUT2D eigenvalue weighted by Crippen LogP contribution is -2.49. The van der Waals surface area contributed by atoms with Crippen molar-refractivity contribution in [1.29, 1.82) is 0 Å². The minimum Gasteiger partial charge on any atom is -0.369 e. The van der Waals surface area contributed by atoms with E-state index in [9.17, 15) is 8.42 Å². The van der Waals surface area contributed by atoms with Crippen molar-refractivity contribution in [2.45, 2.75) is 44.9 Å². The molecule has 0 radical (unpaired) electrons. The lowest BCUT2D eigenvalue weighted by molar-refractivity contribution is 0.384. The molecule has 27 heavy (non-hydrogen) atoms. The van der Waals surface area contributed by atoms with Gasteiger partial charge in [0.25, 0.3) is 0 Å². The summed E-state index contributed by atoms with van der Waals surface area (Å²) < 4.78 is 27.7. The van der Waals surface area contributed by atoms with E-state index >= 15 is 0 Å². The highest BCUT2D eigenvalue weighted by Crippen LogP contribution is 2.32. The number of para-hydroxylation sites is 1. The highest BCUT2D eigenvalue weighted by molar-refractivity contribution is 7.89. The zero-order valence-electron chi connectivity index (χ0n) is 17.0. The number of hydrogen-bond acceptors (Lipinski definition) is 3. The summed E-state index contributed by atoms with van der Waals surface area (Å²) in [6.45, 7) is 13.0. The Labute approximate surface area is 163 Å². The second kappa shape index (κ2) is 7.28. The van der Waals surface area contributed by atoms with Gasteiger partial charge in [0.15, 0.2) is 0 Å². The van der Waals surface area contributed by atoms with Crippen molar-refractivity contribution in [2.24, 2.45) is 0 Å². The van der Waals surface area contributed by atoms with E-state index in [0.717, 1.165) is 11.1 Å². The molecule has 1 aliphatic heterocycles. The van der Waals surface area contributed by atoms with Gasteiger partial charge in [-0.25, -0.2) is 8.42 Å². The van der Waals surface area contributed by atoms with E-state index < -0.39 is 10.0 Å². The molecule has 1 aliphatic rings. The Kier molecular flexibility index (Phi) is 5.37. The van der Waals surface area contributed by atoms with Crippen molar-refractivity contribution >= 4 is 15.7 Å². The number of sulfonamides is 1. The summed E-state index contributed by atoms with van der Waals surface area (Å²) in [6, 6.07) is 13.8. The molecule has 0 aromatic heterocycles. The molecule has 0 bridgehead atoms. The van der Waals surface area contributed by atoms with Gasteiger partial charge in [0.2, 0.25) is 10.0 Å². The second-order valence-corrected chi connectivity index (χ2v) is 10.3. The van der Waals surface area contributed by atoms with E-state index in [1.165, 1.54) is 11.3 Å². The number of benzene rings is 2. The van der Waals surface area contributed by atoms with E-state index in [0.29, 0.717) is 31.1 Å². The molecule has 1 heterocycles. The fourth-order valence-corrected chi connectivity index (χ4v) is 5.08. The van der Waals surface area contributed by atoms with Crippen LogP contribution in [0.5, 0.6) is 0 Å². The normalized spacial score (nSPS) is 16.6. The lowest BCUT2D eigenvalue weighted by atomic mass is 9.85. The van der Waals surface area contributed by atoms with Crippen LogP contribution in [0.3, 0.4) is 0 Å². The number of piperazine rings is 1. The van der Waals surface area contributed by atoms with Crippen molar-refractivity contribution in [3.63, 3.8) is 0 Å².